The molecule has 92 valence electrons. The van der Waals surface area contributed by atoms with E-state index < -0.39 is 29.7 Å². The minimum atomic E-state index is -1.01. The first-order valence-corrected chi connectivity index (χ1v) is 5.31. The van der Waals surface area contributed by atoms with Gasteiger partial charge in [-0.3, -0.25) is 9.59 Å². The minimum absolute atomic E-state index is 0.254. The number of hydrogen-bond acceptors (Lipinski definition) is 4. The highest BCUT2D eigenvalue weighted by Gasteiger charge is 2.43. The molecule has 6 heteroatoms. The molecular formula is C11H13NO5. The predicted octanol–water partition coefficient (Wildman–Crippen LogP) is 0.368. The summed E-state index contributed by atoms with van der Waals surface area (Å²) in [4.78, 5) is 22.3. The van der Waals surface area contributed by atoms with Gasteiger partial charge in [0.1, 0.15) is 5.76 Å². The normalized spacial score (nSPS) is 28.8. The Labute approximate surface area is 97.2 Å². The molecule has 3 N–H and O–H groups in total. The Kier molecular flexibility index (Phi) is 3.14. The van der Waals surface area contributed by atoms with Gasteiger partial charge in [-0.05, 0) is 12.1 Å². The third-order valence-corrected chi connectivity index (χ3v) is 3.10. The van der Waals surface area contributed by atoms with Crippen molar-refractivity contribution in [1.29, 1.82) is 0 Å². The molecule has 0 bridgehead atoms. The third kappa shape index (κ3) is 2.16. The molecule has 2 atom stereocenters. The highest BCUT2D eigenvalue weighted by molar-refractivity contribution is 5.77. The molecule has 1 aliphatic rings. The lowest BCUT2D eigenvalue weighted by Gasteiger charge is -2.32. The van der Waals surface area contributed by atoms with Crippen molar-refractivity contribution in [2.75, 3.05) is 13.1 Å². The maximum Gasteiger partial charge on any atom is 0.308 e. The molecule has 1 aromatic heterocycles. The van der Waals surface area contributed by atoms with Crippen LogP contribution in [0.2, 0.25) is 0 Å². The highest BCUT2D eigenvalue weighted by atomic mass is 16.4. The van der Waals surface area contributed by atoms with Crippen molar-refractivity contribution < 1.29 is 24.2 Å². The molecule has 6 nitrogen and oxygen atoms in total. The van der Waals surface area contributed by atoms with Crippen LogP contribution in [0.5, 0.6) is 0 Å². The lowest BCUT2D eigenvalue weighted by molar-refractivity contribution is -0.149. The monoisotopic (exact) mass is 239 g/mol. The van der Waals surface area contributed by atoms with Crippen LogP contribution in [0.1, 0.15) is 11.7 Å². The van der Waals surface area contributed by atoms with Gasteiger partial charge in [0, 0.05) is 19.0 Å². The SMILES string of the molecule is O=C(O)C1CNCC(C(=O)O)C1c1ccco1. The van der Waals surface area contributed by atoms with Crippen LogP contribution < -0.4 is 5.32 Å². The largest absolute Gasteiger partial charge is 0.481 e. The lowest BCUT2D eigenvalue weighted by Crippen LogP contribution is -2.48. The molecular weight excluding hydrogens is 226 g/mol. The van der Waals surface area contributed by atoms with E-state index in [0.717, 1.165) is 0 Å². The van der Waals surface area contributed by atoms with Gasteiger partial charge in [-0.25, -0.2) is 0 Å². The zero-order valence-electron chi connectivity index (χ0n) is 9.00. The number of hydrogen-bond donors (Lipinski definition) is 3. The Morgan fingerprint density at radius 2 is 1.82 bits per heavy atom. The molecule has 17 heavy (non-hydrogen) atoms. The number of carboxylic acid groups (broad SMARTS) is 2. The van der Waals surface area contributed by atoms with Gasteiger partial charge in [-0.2, -0.15) is 0 Å². The maximum absolute atomic E-state index is 11.2. The number of rotatable bonds is 3. The molecule has 0 aliphatic carbocycles. The first kappa shape index (κ1) is 11.7. The summed E-state index contributed by atoms with van der Waals surface area (Å²) < 4.78 is 5.18. The van der Waals surface area contributed by atoms with Crippen molar-refractivity contribution in [3.63, 3.8) is 0 Å². The molecule has 1 saturated heterocycles. The van der Waals surface area contributed by atoms with E-state index in [9.17, 15) is 9.59 Å². The van der Waals surface area contributed by atoms with Crippen LogP contribution in [0.4, 0.5) is 0 Å². The van der Waals surface area contributed by atoms with Crippen LogP contribution >= 0.6 is 0 Å². The van der Waals surface area contributed by atoms with E-state index >= 15 is 0 Å². The van der Waals surface area contributed by atoms with E-state index in [2.05, 4.69) is 5.32 Å². The molecule has 0 amide bonds. The molecule has 0 radical (unpaired) electrons. The number of piperidine rings is 1. The van der Waals surface area contributed by atoms with Crippen LogP contribution in [-0.4, -0.2) is 35.2 Å². The Bertz CT molecular complexity index is 392. The Morgan fingerprint density at radius 1 is 1.24 bits per heavy atom. The molecule has 2 unspecified atom stereocenters. The van der Waals surface area contributed by atoms with Gasteiger partial charge in [-0.15, -0.1) is 0 Å². The van der Waals surface area contributed by atoms with Crippen LogP contribution in [0.25, 0.3) is 0 Å². The van der Waals surface area contributed by atoms with Crippen LogP contribution in [0.15, 0.2) is 22.8 Å². The molecule has 0 spiro atoms. The minimum Gasteiger partial charge on any atom is -0.481 e. The Morgan fingerprint density at radius 3 is 2.24 bits per heavy atom. The van der Waals surface area contributed by atoms with Crippen molar-refractivity contribution in [2.45, 2.75) is 5.92 Å². The molecule has 2 rings (SSSR count). The van der Waals surface area contributed by atoms with Gasteiger partial charge < -0.3 is 19.9 Å². The summed E-state index contributed by atoms with van der Waals surface area (Å²) in [6.45, 7) is 0.509. The summed E-state index contributed by atoms with van der Waals surface area (Å²) in [6, 6.07) is 3.26. The molecule has 2 heterocycles. The fraction of sp³-hybridized carbons (Fsp3) is 0.455. The summed E-state index contributed by atoms with van der Waals surface area (Å²) in [6.07, 6.45) is 1.43. The molecule has 1 aromatic rings. The second-order valence-corrected chi connectivity index (χ2v) is 4.09. The summed E-state index contributed by atoms with van der Waals surface area (Å²) in [5, 5.41) is 21.1. The van der Waals surface area contributed by atoms with E-state index in [0.29, 0.717) is 5.76 Å². The molecule has 1 aliphatic heterocycles. The van der Waals surface area contributed by atoms with Crippen molar-refractivity contribution in [3.05, 3.63) is 24.2 Å². The fourth-order valence-corrected chi connectivity index (χ4v) is 2.29. The van der Waals surface area contributed by atoms with Gasteiger partial charge in [0.15, 0.2) is 0 Å². The number of nitrogens with one attached hydrogen (secondary N) is 1. The zero-order chi connectivity index (χ0) is 12.4. The molecule has 0 aromatic carbocycles. The zero-order valence-corrected chi connectivity index (χ0v) is 9.00. The molecule has 0 saturated carbocycles. The standard InChI is InChI=1S/C11H13NO5/c13-10(14)6-4-12-5-7(11(15)16)9(6)8-2-1-3-17-8/h1-3,6-7,9,12H,4-5H2,(H,13,14)(H,15,16). The topological polar surface area (TPSA) is 99.8 Å². The highest BCUT2D eigenvalue weighted by Crippen LogP contribution is 2.35. The van der Waals surface area contributed by atoms with Gasteiger partial charge in [-0.1, -0.05) is 0 Å². The van der Waals surface area contributed by atoms with E-state index in [-0.39, 0.29) is 13.1 Å². The van der Waals surface area contributed by atoms with E-state index in [1.807, 2.05) is 0 Å². The van der Waals surface area contributed by atoms with Crippen LogP contribution in [0, 0.1) is 11.8 Å². The summed E-state index contributed by atoms with van der Waals surface area (Å²) in [7, 11) is 0. The summed E-state index contributed by atoms with van der Waals surface area (Å²) >= 11 is 0. The number of aliphatic carboxylic acids is 2. The van der Waals surface area contributed by atoms with Crippen LogP contribution in [-0.2, 0) is 9.59 Å². The average Bonchev–Trinajstić information content (AvgIpc) is 2.80. The number of furan rings is 1. The van der Waals surface area contributed by atoms with Crippen molar-refractivity contribution in [1.82, 2.24) is 5.32 Å². The van der Waals surface area contributed by atoms with Gasteiger partial charge >= 0.3 is 11.9 Å². The quantitative estimate of drug-likeness (QED) is 0.704. The second-order valence-electron chi connectivity index (χ2n) is 4.09. The van der Waals surface area contributed by atoms with E-state index in [4.69, 9.17) is 14.6 Å². The Hall–Kier alpha value is -1.82. The Balaban J connectivity index is 2.35. The van der Waals surface area contributed by atoms with Crippen molar-refractivity contribution in [2.24, 2.45) is 11.8 Å². The van der Waals surface area contributed by atoms with Gasteiger partial charge in [0.2, 0.25) is 0 Å². The number of carboxylic acids is 2. The second kappa shape index (κ2) is 4.58. The van der Waals surface area contributed by atoms with Gasteiger partial charge in [0.25, 0.3) is 0 Å². The average molecular weight is 239 g/mol. The predicted molar refractivity (Wildman–Crippen MR) is 56.6 cm³/mol. The van der Waals surface area contributed by atoms with E-state index in [1.54, 1.807) is 12.1 Å². The lowest BCUT2D eigenvalue weighted by atomic mass is 9.77. The first-order valence-electron chi connectivity index (χ1n) is 5.31. The van der Waals surface area contributed by atoms with Crippen LogP contribution in [0.3, 0.4) is 0 Å². The summed E-state index contributed by atoms with van der Waals surface area (Å²) in [5.41, 5.74) is 0. The van der Waals surface area contributed by atoms with E-state index in [1.165, 1.54) is 6.26 Å². The van der Waals surface area contributed by atoms with Crippen molar-refractivity contribution in [3.8, 4) is 0 Å². The fourth-order valence-electron chi connectivity index (χ4n) is 2.29. The first-order chi connectivity index (χ1) is 8.11. The summed E-state index contributed by atoms with van der Waals surface area (Å²) in [5.74, 6) is -3.78. The maximum atomic E-state index is 11.2. The smallest absolute Gasteiger partial charge is 0.308 e. The third-order valence-electron chi connectivity index (χ3n) is 3.10. The van der Waals surface area contributed by atoms with Gasteiger partial charge in [0.05, 0.1) is 18.1 Å². The van der Waals surface area contributed by atoms with Crippen molar-refractivity contribution >= 4 is 11.9 Å². The molecule has 1 fully saturated rings. The number of carbonyl (C=O) groups is 2.